The number of sulfonamides is 1. The third-order valence-electron chi connectivity index (χ3n) is 4.28. The van der Waals surface area contributed by atoms with Crippen molar-refractivity contribution in [2.75, 3.05) is 12.3 Å². The minimum atomic E-state index is -3.36. The molecule has 1 aromatic heterocycles. The average Bonchev–Trinajstić information content (AvgIpc) is 3.01. The fourth-order valence-corrected chi connectivity index (χ4v) is 5.60. The fraction of sp³-hybridized carbons (Fsp3) is 0.667. The number of nitrogen functional groups attached to an aromatic ring is 1. The summed E-state index contributed by atoms with van der Waals surface area (Å²) in [4.78, 5) is 0. The molecule has 0 spiro atoms. The molecule has 1 heterocycles. The zero-order chi connectivity index (χ0) is 12.8. The van der Waals surface area contributed by atoms with Gasteiger partial charge in [0.2, 0.25) is 10.0 Å². The van der Waals surface area contributed by atoms with Crippen LogP contribution < -0.4 is 10.5 Å². The van der Waals surface area contributed by atoms with Crippen molar-refractivity contribution in [3.63, 3.8) is 0 Å². The number of hydrogen-bond donors (Lipinski definition) is 2. The van der Waals surface area contributed by atoms with Gasteiger partial charge in [0.1, 0.15) is 4.21 Å². The smallest absolute Gasteiger partial charge is 0.250 e. The predicted octanol–water partition coefficient (Wildman–Crippen LogP) is 2.04. The van der Waals surface area contributed by atoms with Crippen molar-refractivity contribution in [2.24, 2.45) is 17.8 Å². The largest absolute Gasteiger partial charge is 0.398 e. The van der Waals surface area contributed by atoms with Crippen LogP contribution in [0, 0.1) is 17.8 Å². The number of anilines is 1. The molecule has 3 atom stereocenters. The quantitative estimate of drug-likeness (QED) is 0.889. The summed E-state index contributed by atoms with van der Waals surface area (Å²) in [5, 5.41) is 1.66. The molecular weight excluding hydrogens is 268 g/mol. The van der Waals surface area contributed by atoms with Crippen molar-refractivity contribution in [3.05, 3.63) is 11.4 Å². The molecule has 18 heavy (non-hydrogen) atoms. The van der Waals surface area contributed by atoms with E-state index in [4.69, 9.17) is 5.73 Å². The lowest BCUT2D eigenvalue weighted by atomic mass is 9.89. The number of thiophene rings is 1. The van der Waals surface area contributed by atoms with Gasteiger partial charge in [0.25, 0.3) is 0 Å². The summed E-state index contributed by atoms with van der Waals surface area (Å²) >= 11 is 1.18. The zero-order valence-corrected chi connectivity index (χ0v) is 11.8. The molecule has 6 heteroatoms. The Labute approximate surface area is 112 Å². The molecule has 0 amide bonds. The molecule has 100 valence electrons. The van der Waals surface area contributed by atoms with Gasteiger partial charge in [-0.3, -0.25) is 0 Å². The van der Waals surface area contributed by atoms with E-state index in [9.17, 15) is 8.42 Å². The first-order valence-corrected chi connectivity index (χ1v) is 8.74. The van der Waals surface area contributed by atoms with E-state index in [2.05, 4.69) is 4.72 Å². The Kier molecular flexibility index (Phi) is 3.11. The Balaban J connectivity index is 1.63. The van der Waals surface area contributed by atoms with E-state index in [1.807, 2.05) is 0 Å². The van der Waals surface area contributed by atoms with Gasteiger partial charge in [-0.2, -0.15) is 0 Å². The lowest BCUT2D eigenvalue weighted by Crippen LogP contribution is -2.31. The van der Waals surface area contributed by atoms with Crippen molar-refractivity contribution in [2.45, 2.75) is 29.9 Å². The van der Waals surface area contributed by atoms with Gasteiger partial charge in [-0.05, 0) is 43.1 Å². The maximum absolute atomic E-state index is 12.1. The van der Waals surface area contributed by atoms with Crippen LogP contribution in [0.2, 0.25) is 0 Å². The van der Waals surface area contributed by atoms with E-state index < -0.39 is 10.0 Å². The van der Waals surface area contributed by atoms with E-state index in [1.54, 1.807) is 5.38 Å². The maximum Gasteiger partial charge on any atom is 0.250 e. The lowest BCUT2D eigenvalue weighted by molar-refractivity contribution is 0.333. The summed E-state index contributed by atoms with van der Waals surface area (Å²) in [6.07, 6.45) is 5.12. The topological polar surface area (TPSA) is 72.2 Å². The highest BCUT2D eigenvalue weighted by Gasteiger charge is 2.39. The standard InChI is InChI=1S/C12H18N2O2S2/c13-11-5-12(17-7-11)18(15,16)14-6-10-4-8-1-2-9(10)3-8/h5,7-10,14H,1-4,6,13H2. The molecule has 2 bridgehead atoms. The van der Waals surface area contributed by atoms with Gasteiger partial charge in [-0.25, -0.2) is 13.1 Å². The Bertz CT molecular complexity index is 538. The fourth-order valence-electron chi connectivity index (χ4n) is 3.39. The molecule has 2 fully saturated rings. The summed E-state index contributed by atoms with van der Waals surface area (Å²) in [6.45, 7) is 0.585. The molecule has 1 aromatic rings. The van der Waals surface area contributed by atoms with E-state index in [0.717, 1.165) is 11.8 Å². The first kappa shape index (κ1) is 12.4. The van der Waals surface area contributed by atoms with Crippen LogP contribution in [0.1, 0.15) is 25.7 Å². The third kappa shape index (κ3) is 2.29. The molecule has 3 unspecified atom stereocenters. The van der Waals surface area contributed by atoms with Gasteiger partial charge in [0.15, 0.2) is 0 Å². The number of nitrogens with two attached hydrogens (primary N) is 1. The number of nitrogens with one attached hydrogen (secondary N) is 1. The highest BCUT2D eigenvalue weighted by Crippen LogP contribution is 2.48. The van der Waals surface area contributed by atoms with Crippen LogP contribution in [-0.4, -0.2) is 15.0 Å². The minimum Gasteiger partial charge on any atom is -0.398 e. The van der Waals surface area contributed by atoms with Crippen molar-refractivity contribution in [1.29, 1.82) is 0 Å². The van der Waals surface area contributed by atoms with Crippen LogP contribution >= 0.6 is 11.3 Å². The maximum atomic E-state index is 12.1. The second kappa shape index (κ2) is 4.51. The summed E-state index contributed by atoms with van der Waals surface area (Å²) in [5.74, 6) is 2.13. The zero-order valence-electron chi connectivity index (χ0n) is 10.1. The van der Waals surface area contributed by atoms with Gasteiger partial charge >= 0.3 is 0 Å². The molecule has 0 aromatic carbocycles. The molecule has 2 saturated carbocycles. The van der Waals surface area contributed by atoms with E-state index >= 15 is 0 Å². The Morgan fingerprint density at radius 3 is 2.78 bits per heavy atom. The van der Waals surface area contributed by atoms with Gasteiger partial charge < -0.3 is 5.73 Å². The lowest BCUT2D eigenvalue weighted by Gasteiger charge is -2.21. The Hall–Kier alpha value is -0.590. The van der Waals surface area contributed by atoms with Crippen LogP contribution in [-0.2, 0) is 10.0 Å². The van der Waals surface area contributed by atoms with Gasteiger partial charge in [-0.15, -0.1) is 11.3 Å². The molecular formula is C12H18N2O2S2. The van der Waals surface area contributed by atoms with Gasteiger partial charge in [0.05, 0.1) is 0 Å². The predicted molar refractivity (Wildman–Crippen MR) is 72.9 cm³/mol. The third-order valence-corrected chi connectivity index (χ3v) is 7.16. The van der Waals surface area contributed by atoms with Crippen LogP contribution in [0.25, 0.3) is 0 Å². The first-order chi connectivity index (χ1) is 8.54. The van der Waals surface area contributed by atoms with Crippen molar-refractivity contribution in [3.8, 4) is 0 Å². The van der Waals surface area contributed by atoms with E-state index in [-0.39, 0.29) is 0 Å². The van der Waals surface area contributed by atoms with Crippen molar-refractivity contribution >= 4 is 27.0 Å². The van der Waals surface area contributed by atoms with Gasteiger partial charge in [0, 0.05) is 17.6 Å². The van der Waals surface area contributed by atoms with E-state index in [1.165, 1.54) is 43.1 Å². The highest BCUT2D eigenvalue weighted by molar-refractivity contribution is 7.91. The molecule has 2 aliphatic carbocycles. The molecule has 0 aliphatic heterocycles. The molecule has 2 aliphatic rings. The summed E-state index contributed by atoms with van der Waals surface area (Å²) < 4.78 is 27.2. The summed E-state index contributed by atoms with van der Waals surface area (Å²) in [5.41, 5.74) is 6.08. The molecule has 3 N–H and O–H groups in total. The normalized spacial score (nSPS) is 31.0. The Morgan fingerprint density at radius 2 is 2.22 bits per heavy atom. The van der Waals surface area contributed by atoms with E-state index in [0.29, 0.717) is 22.4 Å². The van der Waals surface area contributed by atoms with Crippen LogP contribution in [0.3, 0.4) is 0 Å². The van der Waals surface area contributed by atoms with Crippen LogP contribution in [0.5, 0.6) is 0 Å². The molecule has 0 radical (unpaired) electrons. The van der Waals surface area contributed by atoms with Gasteiger partial charge in [-0.1, -0.05) is 6.42 Å². The minimum absolute atomic E-state index is 0.322. The van der Waals surface area contributed by atoms with Crippen LogP contribution in [0.4, 0.5) is 5.69 Å². The molecule has 4 nitrogen and oxygen atoms in total. The molecule has 0 saturated heterocycles. The second-order valence-corrected chi connectivity index (χ2v) is 8.39. The first-order valence-electron chi connectivity index (χ1n) is 6.38. The Morgan fingerprint density at radius 1 is 1.39 bits per heavy atom. The van der Waals surface area contributed by atoms with Crippen molar-refractivity contribution in [1.82, 2.24) is 4.72 Å². The number of fused-ring (bicyclic) bond motifs is 2. The van der Waals surface area contributed by atoms with Crippen molar-refractivity contribution < 1.29 is 8.42 Å². The number of hydrogen-bond acceptors (Lipinski definition) is 4. The monoisotopic (exact) mass is 286 g/mol. The summed E-state index contributed by atoms with van der Waals surface area (Å²) in [6, 6.07) is 1.52. The van der Waals surface area contributed by atoms with Crippen LogP contribution in [0.15, 0.2) is 15.7 Å². The second-order valence-electron chi connectivity index (χ2n) is 5.49. The molecule has 3 rings (SSSR count). The average molecular weight is 286 g/mol. The number of rotatable bonds is 4. The summed E-state index contributed by atoms with van der Waals surface area (Å²) in [7, 11) is -3.36. The SMILES string of the molecule is Nc1csc(S(=O)(=O)NCC2CC3CCC2C3)c1. The highest BCUT2D eigenvalue weighted by atomic mass is 32.2.